The van der Waals surface area contributed by atoms with E-state index in [1.54, 1.807) is 0 Å². The summed E-state index contributed by atoms with van der Waals surface area (Å²) >= 11 is 5.85. The third-order valence-corrected chi connectivity index (χ3v) is 6.93. The number of benzene rings is 2. The third-order valence-electron chi connectivity index (χ3n) is 3.88. The second-order valence-corrected chi connectivity index (χ2v) is 9.25. The predicted octanol–water partition coefficient (Wildman–Crippen LogP) is 1.61. The summed E-state index contributed by atoms with van der Waals surface area (Å²) in [7, 11) is -7.77. The van der Waals surface area contributed by atoms with Gasteiger partial charge in [0, 0.05) is 6.54 Å². The standard InChI is InChI=1S/C15H12ClN3O4S2/c16-14-3-1-13(8-11(14)9-17)25(22,23)19-6-5-10-7-12(24(18,20)21)2-4-15(10)19/h1-4,7-8H,5-6H2,(H2,18,20,21). The van der Waals surface area contributed by atoms with Gasteiger partial charge in [-0.05, 0) is 48.4 Å². The zero-order valence-electron chi connectivity index (χ0n) is 12.7. The molecule has 0 saturated carbocycles. The van der Waals surface area contributed by atoms with E-state index >= 15 is 0 Å². The zero-order valence-corrected chi connectivity index (χ0v) is 15.1. The molecule has 7 nitrogen and oxygen atoms in total. The van der Waals surface area contributed by atoms with Crippen molar-refractivity contribution in [3.8, 4) is 6.07 Å². The molecule has 0 radical (unpaired) electrons. The van der Waals surface area contributed by atoms with E-state index < -0.39 is 20.0 Å². The Morgan fingerprint density at radius 1 is 1.08 bits per heavy atom. The van der Waals surface area contributed by atoms with Crippen LogP contribution in [0.25, 0.3) is 0 Å². The molecule has 0 saturated heterocycles. The van der Waals surface area contributed by atoms with Crippen molar-refractivity contribution in [2.75, 3.05) is 10.8 Å². The molecule has 0 atom stereocenters. The minimum atomic E-state index is -3.91. The Morgan fingerprint density at radius 2 is 1.76 bits per heavy atom. The van der Waals surface area contributed by atoms with Crippen LogP contribution in [0.4, 0.5) is 5.69 Å². The number of nitrogens with two attached hydrogens (primary N) is 1. The molecule has 10 heteroatoms. The monoisotopic (exact) mass is 397 g/mol. The lowest BCUT2D eigenvalue weighted by molar-refractivity contribution is 0.592. The van der Waals surface area contributed by atoms with Gasteiger partial charge in [0.25, 0.3) is 10.0 Å². The van der Waals surface area contributed by atoms with Crippen LogP contribution in [-0.2, 0) is 26.5 Å². The molecule has 0 unspecified atom stereocenters. The quantitative estimate of drug-likeness (QED) is 0.843. The Labute approximate surface area is 150 Å². The normalized spacial score (nSPS) is 14.2. The van der Waals surface area contributed by atoms with Crippen LogP contribution in [0.1, 0.15) is 11.1 Å². The lowest BCUT2D eigenvalue weighted by Gasteiger charge is -2.20. The van der Waals surface area contributed by atoms with Gasteiger partial charge in [-0.15, -0.1) is 0 Å². The highest BCUT2D eigenvalue weighted by Crippen LogP contribution is 2.34. The summed E-state index contributed by atoms with van der Waals surface area (Å²) in [5.74, 6) is 0. The van der Waals surface area contributed by atoms with Gasteiger partial charge in [0.2, 0.25) is 10.0 Å². The number of nitrogens with zero attached hydrogens (tertiary/aromatic N) is 2. The van der Waals surface area contributed by atoms with E-state index in [0.29, 0.717) is 17.7 Å². The average molecular weight is 398 g/mol. The summed E-state index contributed by atoms with van der Waals surface area (Å²) in [4.78, 5) is -0.124. The highest BCUT2D eigenvalue weighted by molar-refractivity contribution is 7.92. The van der Waals surface area contributed by atoms with Crippen molar-refractivity contribution in [2.24, 2.45) is 5.14 Å². The fourth-order valence-corrected chi connectivity index (χ4v) is 4.91. The van der Waals surface area contributed by atoms with E-state index in [1.165, 1.54) is 40.7 Å². The summed E-state index contributed by atoms with van der Waals surface area (Å²) in [6.07, 6.45) is 0.358. The van der Waals surface area contributed by atoms with Crippen LogP contribution < -0.4 is 9.44 Å². The first-order chi connectivity index (χ1) is 11.6. The van der Waals surface area contributed by atoms with Crippen molar-refractivity contribution < 1.29 is 16.8 Å². The molecule has 0 fully saturated rings. The summed E-state index contributed by atoms with van der Waals surface area (Å²) < 4.78 is 49.8. The topological polar surface area (TPSA) is 121 Å². The minimum Gasteiger partial charge on any atom is -0.266 e. The molecule has 25 heavy (non-hydrogen) atoms. The summed E-state index contributed by atoms with van der Waals surface area (Å²) in [6, 6.07) is 9.81. The lowest BCUT2D eigenvalue weighted by atomic mass is 10.2. The van der Waals surface area contributed by atoms with Gasteiger partial charge >= 0.3 is 0 Å². The van der Waals surface area contributed by atoms with Gasteiger partial charge in [0.1, 0.15) is 6.07 Å². The largest absolute Gasteiger partial charge is 0.266 e. The van der Waals surface area contributed by atoms with Crippen molar-refractivity contribution in [2.45, 2.75) is 16.2 Å². The number of fused-ring (bicyclic) bond motifs is 1. The van der Waals surface area contributed by atoms with Crippen LogP contribution >= 0.6 is 11.6 Å². The first kappa shape index (κ1) is 17.7. The number of nitriles is 1. The number of sulfonamides is 2. The van der Waals surface area contributed by atoms with E-state index in [4.69, 9.17) is 22.0 Å². The molecular formula is C15H12ClN3O4S2. The number of rotatable bonds is 3. The molecular weight excluding hydrogens is 386 g/mol. The highest BCUT2D eigenvalue weighted by Gasteiger charge is 2.32. The Hall–Kier alpha value is -2.12. The van der Waals surface area contributed by atoms with Gasteiger partial charge in [0.15, 0.2) is 0 Å². The van der Waals surface area contributed by atoms with Crippen molar-refractivity contribution in [3.05, 3.63) is 52.5 Å². The molecule has 1 heterocycles. The summed E-state index contributed by atoms with van der Waals surface area (Å²) in [5.41, 5.74) is 1.03. The van der Waals surface area contributed by atoms with E-state index in [1.807, 2.05) is 6.07 Å². The van der Waals surface area contributed by atoms with Crippen LogP contribution in [0, 0.1) is 11.3 Å². The SMILES string of the molecule is N#Cc1cc(S(=O)(=O)N2CCc3cc(S(N)(=O)=O)ccc32)ccc1Cl. The Balaban J connectivity index is 2.07. The van der Waals surface area contributed by atoms with Gasteiger partial charge in [-0.1, -0.05) is 11.6 Å². The number of primary sulfonamides is 1. The maximum absolute atomic E-state index is 12.9. The van der Waals surface area contributed by atoms with Gasteiger partial charge in [-0.2, -0.15) is 5.26 Å². The van der Waals surface area contributed by atoms with E-state index in [2.05, 4.69) is 0 Å². The Bertz CT molecular complexity index is 1120. The van der Waals surface area contributed by atoms with Gasteiger partial charge in [0.05, 0.1) is 26.1 Å². The van der Waals surface area contributed by atoms with E-state index in [0.717, 1.165) is 0 Å². The average Bonchev–Trinajstić information content (AvgIpc) is 2.98. The molecule has 1 aliphatic heterocycles. The predicted molar refractivity (Wildman–Crippen MR) is 92.2 cm³/mol. The maximum Gasteiger partial charge on any atom is 0.264 e. The third kappa shape index (κ3) is 3.09. The van der Waals surface area contributed by atoms with Gasteiger partial charge in [-0.3, -0.25) is 4.31 Å². The number of hydrogen-bond acceptors (Lipinski definition) is 5. The molecule has 2 aromatic rings. The first-order valence-corrected chi connectivity index (χ1v) is 10.4. The molecule has 0 aromatic heterocycles. The molecule has 2 N–H and O–H groups in total. The smallest absolute Gasteiger partial charge is 0.264 e. The second kappa shape index (κ2) is 6.00. The second-order valence-electron chi connectivity index (χ2n) is 5.42. The highest BCUT2D eigenvalue weighted by atomic mass is 35.5. The fourth-order valence-electron chi connectivity index (χ4n) is 2.65. The molecule has 2 aromatic carbocycles. The summed E-state index contributed by atoms with van der Waals surface area (Å²) in [6.45, 7) is 0.163. The van der Waals surface area contributed by atoms with E-state index in [-0.39, 0.29) is 26.9 Å². The molecule has 0 spiro atoms. The Kier molecular flexibility index (Phi) is 4.25. The molecule has 1 aliphatic rings. The lowest BCUT2D eigenvalue weighted by Crippen LogP contribution is -2.29. The van der Waals surface area contributed by atoms with Crippen molar-refractivity contribution in [1.82, 2.24) is 0 Å². The van der Waals surface area contributed by atoms with Crippen LogP contribution in [0.15, 0.2) is 46.2 Å². The first-order valence-electron chi connectivity index (χ1n) is 7.03. The maximum atomic E-state index is 12.9. The number of halogens is 1. The van der Waals surface area contributed by atoms with Gasteiger partial charge < -0.3 is 0 Å². The van der Waals surface area contributed by atoms with Crippen molar-refractivity contribution >= 4 is 37.3 Å². The zero-order chi connectivity index (χ0) is 18.4. The van der Waals surface area contributed by atoms with Crippen LogP contribution in [0.2, 0.25) is 5.02 Å². The van der Waals surface area contributed by atoms with Crippen LogP contribution in [-0.4, -0.2) is 23.4 Å². The fraction of sp³-hybridized carbons (Fsp3) is 0.133. The number of anilines is 1. The van der Waals surface area contributed by atoms with Crippen molar-refractivity contribution in [3.63, 3.8) is 0 Å². The molecule has 130 valence electrons. The number of hydrogen-bond donors (Lipinski definition) is 1. The van der Waals surface area contributed by atoms with Crippen LogP contribution in [0.3, 0.4) is 0 Å². The molecule has 3 rings (SSSR count). The van der Waals surface area contributed by atoms with E-state index in [9.17, 15) is 16.8 Å². The molecule has 0 amide bonds. The molecule has 0 bridgehead atoms. The minimum absolute atomic E-state index is 0.0585. The van der Waals surface area contributed by atoms with Crippen molar-refractivity contribution in [1.29, 1.82) is 5.26 Å². The Morgan fingerprint density at radius 3 is 2.40 bits per heavy atom. The summed E-state index contributed by atoms with van der Waals surface area (Å²) in [5, 5.41) is 14.3. The van der Waals surface area contributed by atoms with Crippen LogP contribution in [0.5, 0.6) is 0 Å². The van der Waals surface area contributed by atoms with Gasteiger partial charge in [-0.25, -0.2) is 22.0 Å². The molecule has 0 aliphatic carbocycles.